The molecule has 0 amide bonds. The van der Waals surface area contributed by atoms with Crippen molar-refractivity contribution in [2.75, 3.05) is 5.75 Å². The lowest BCUT2D eigenvalue weighted by Gasteiger charge is -2.13. The monoisotopic (exact) mass is 330 g/mol. The van der Waals surface area contributed by atoms with Crippen LogP contribution in [0, 0.1) is 0 Å². The summed E-state index contributed by atoms with van der Waals surface area (Å²) in [6, 6.07) is 17.9. The van der Waals surface area contributed by atoms with Gasteiger partial charge in [0.05, 0.1) is 16.8 Å². The molecule has 2 atom stereocenters. The maximum atomic E-state index is 12.4. The van der Waals surface area contributed by atoms with Gasteiger partial charge in [-0.25, -0.2) is 8.42 Å². The number of carbonyl (C=O) groups excluding carboxylic acids is 1. The van der Waals surface area contributed by atoms with E-state index >= 15 is 0 Å². The Bertz CT molecular complexity index is 769. The van der Waals surface area contributed by atoms with Crippen LogP contribution < -0.4 is 0 Å². The highest BCUT2D eigenvalue weighted by Crippen LogP contribution is 2.23. The van der Waals surface area contributed by atoms with Gasteiger partial charge < -0.3 is 4.74 Å². The molecule has 0 radical (unpaired) electrons. The molecule has 2 unspecified atom stereocenters. The highest BCUT2D eigenvalue weighted by molar-refractivity contribution is 7.91. The third-order valence-corrected chi connectivity index (χ3v) is 5.66. The van der Waals surface area contributed by atoms with Gasteiger partial charge in [-0.3, -0.25) is 4.79 Å². The van der Waals surface area contributed by atoms with Gasteiger partial charge in [0.1, 0.15) is 6.10 Å². The van der Waals surface area contributed by atoms with Crippen LogP contribution in [-0.2, 0) is 25.8 Å². The van der Waals surface area contributed by atoms with Crippen molar-refractivity contribution >= 4 is 15.6 Å². The maximum absolute atomic E-state index is 12.4. The van der Waals surface area contributed by atoms with E-state index in [1.54, 1.807) is 18.2 Å². The predicted octanol–water partition coefficient (Wildman–Crippen LogP) is 2.43. The van der Waals surface area contributed by atoms with Crippen molar-refractivity contribution in [3.8, 4) is 0 Å². The van der Waals surface area contributed by atoms with E-state index < -0.39 is 15.9 Å². The minimum Gasteiger partial charge on any atom is -0.365 e. The van der Waals surface area contributed by atoms with Crippen LogP contribution >= 0.6 is 0 Å². The SMILES string of the molecule is O=C1CC(Cc2ccccc2)OC1CS(=O)(=O)c1ccccc1. The smallest absolute Gasteiger partial charge is 0.181 e. The van der Waals surface area contributed by atoms with Gasteiger partial charge in [-0.2, -0.15) is 0 Å². The molecule has 2 aromatic rings. The van der Waals surface area contributed by atoms with Crippen molar-refractivity contribution in [1.29, 1.82) is 0 Å². The topological polar surface area (TPSA) is 60.4 Å². The lowest BCUT2D eigenvalue weighted by molar-refractivity contribution is -0.121. The standard InChI is InChI=1S/C18H18O4S/c19-17-12-15(11-14-7-3-1-4-8-14)22-18(17)13-23(20,21)16-9-5-2-6-10-16/h1-10,15,18H,11-13H2. The van der Waals surface area contributed by atoms with Crippen molar-refractivity contribution in [2.24, 2.45) is 0 Å². The molecule has 1 heterocycles. The zero-order chi connectivity index (χ0) is 16.3. The van der Waals surface area contributed by atoms with E-state index in [0.717, 1.165) is 5.56 Å². The Labute approximate surface area is 136 Å². The minimum absolute atomic E-state index is 0.134. The Hall–Kier alpha value is -1.98. The van der Waals surface area contributed by atoms with Gasteiger partial charge in [-0.15, -0.1) is 0 Å². The molecule has 1 aliphatic rings. The van der Waals surface area contributed by atoms with Crippen LogP contribution in [0.1, 0.15) is 12.0 Å². The van der Waals surface area contributed by atoms with Gasteiger partial charge in [-0.05, 0) is 24.1 Å². The van der Waals surface area contributed by atoms with Crippen LogP contribution in [-0.4, -0.2) is 32.2 Å². The van der Waals surface area contributed by atoms with Crippen molar-refractivity contribution in [3.63, 3.8) is 0 Å². The molecule has 0 bridgehead atoms. The van der Waals surface area contributed by atoms with Gasteiger partial charge in [0, 0.05) is 6.42 Å². The first-order valence-corrected chi connectivity index (χ1v) is 9.20. The van der Waals surface area contributed by atoms with Crippen molar-refractivity contribution in [2.45, 2.75) is 29.9 Å². The van der Waals surface area contributed by atoms with Crippen LogP contribution in [0.2, 0.25) is 0 Å². The molecule has 4 nitrogen and oxygen atoms in total. The summed E-state index contributed by atoms with van der Waals surface area (Å²) in [7, 11) is -3.52. The molecule has 1 aliphatic heterocycles. The first-order chi connectivity index (χ1) is 11.0. The maximum Gasteiger partial charge on any atom is 0.181 e. The molecular formula is C18H18O4S. The number of hydrogen-bond donors (Lipinski definition) is 0. The Morgan fingerprint density at radius 1 is 0.957 bits per heavy atom. The van der Waals surface area contributed by atoms with Gasteiger partial charge in [0.15, 0.2) is 15.6 Å². The lowest BCUT2D eigenvalue weighted by atomic mass is 10.1. The first-order valence-electron chi connectivity index (χ1n) is 7.54. The molecule has 0 aromatic heterocycles. The third kappa shape index (κ3) is 3.86. The average Bonchev–Trinajstić information content (AvgIpc) is 2.88. The molecular weight excluding hydrogens is 312 g/mol. The van der Waals surface area contributed by atoms with Crippen LogP contribution in [0.3, 0.4) is 0 Å². The number of ketones is 1. The highest BCUT2D eigenvalue weighted by Gasteiger charge is 2.36. The quantitative estimate of drug-likeness (QED) is 0.845. The second kappa shape index (κ2) is 6.64. The van der Waals surface area contributed by atoms with E-state index in [2.05, 4.69) is 0 Å². The van der Waals surface area contributed by atoms with Gasteiger partial charge in [0.2, 0.25) is 0 Å². The lowest BCUT2D eigenvalue weighted by Crippen LogP contribution is -2.27. The molecule has 2 aromatic carbocycles. The molecule has 0 spiro atoms. The van der Waals surface area contributed by atoms with E-state index in [4.69, 9.17) is 4.74 Å². The van der Waals surface area contributed by atoms with Crippen molar-refractivity contribution in [1.82, 2.24) is 0 Å². The Morgan fingerprint density at radius 3 is 2.22 bits per heavy atom. The van der Waals surface area contributed by atoms with Gasteiger partial charge >= 0.3 is 0 Å². The van der Waals surface area contributed by atoms with Crippen LogP contribution in [0.15, 0.2) is 65.6 Å². The minimum atomic E-state index is -3.52. The third-order valence-electron chi connectivity index (χ3n) is 3.92. The highest BCUT2D eigenvalue weighted by atomic mass is 32.2. The normalized spacial score (nSPS) is 21.5. The van der Waals surface area contributed by atoms with E-state index in [1.165, 1.54) is 12.1 Å². The number of benzene rings is 2. The van der Waals surface area contributed by atoms with E-state index in [1.807, 2.05) is 30.3 Å². The van der Waals surface area contributed by atoms with E-state index in [-0.39, 0.29) is 29.0 Å². The zero-order valence-electron chi connectivity index (χ0n) is 12.6. The van der Waals surface area contributed by atoms with Crippen molar-refractivity contribution in [3.05, 3.63) is 66.2 Å². The predicted molar refractivity (Wildman–Crippen MR) is 86.9 cm³/mol. The van der Waals surface area contributed by atoms with E-state index in [0.29, 0.717) is 6.42 Å². The number of rotatable bonds is 5. The fourth-order valence-corrected chi connectivity index (χ4v) is 4.19. The summed E-state index contributed by atoms with van der Waals surface area (Å²) >= 11 is 0. The number of ether oxygens (including phenoxy) is 1. The Kier molecular flexibility index (Phi) is 4.59. The molecule has 0 aliphatic carbocycles. The van der Waals surface area contributed by atoms with Gasteiger partial charge in [0.25, 0.3) is 0 Å². The van der Waals surface area contributed by atoms with Gasteiger partial charge in [-0.1, -0.05) is 48.5 Å². The number of carbonyl (C=O) groups is 1. The summed E-state index contributed by atoms with van der Waals surface area (Å²) < 4.78 is 30.4. The summed E-state index contributed by atoms with van der Waals surface area (Å²) in [5.74, 6) is -0.424. The first kappa shape index (κ1) is 15.9. The molecule has 1 saturated heterocycles. The summed E-state index contributed by atoms with van der Waals surface area (Å²) in [6.07, 6.45) is -0.229. The largest absolute Gasteiger partial charge is 0.365 e. The fraction of sp³-hybridized carbons (Fsp3) is 0.278. The summed E-state index contributed by atoms with van der Waals surface area (Å²) in [5, 5.41) is 0. The number of hydrogen-bond acceptors (Lipinski definition) is 4. The summed E-state index contributed by atoms with van der Waals surface area (Å²) in [5.41, 5.74) is 1.08. The summed E-state index contributed by atoms with van der Waals surface area (Å²) in [6.45, 7) is 0. The zero-order valence-corrected chi connectivity index (χ0v) is 13.4. The summed E-state index contributed by atoms with van der Waals surface area (Å²) in [4.78, 5) is 12.3. The molecule has 0 N–H and O–H groups in total. The van der Waals surface area contributed by atoms with E-state index in [9.17, 15) is 13.2 Å². The number of sulfone groups is 1. The Morgan fingerprint density at radius 2 is 1.57 bits per heavy atom. The average molecular weight is 330 g/mol. The van der Waals surface area contributed by atoms with Crippen LogP contribution in [0.4, 0.5) is 0 Å². The van der Waals surface area contributed by atoms with Crippen LogP contribution in [0.5, 0.6) is 0 Å². The molecule has 3 rings (SSSR count). The molecule has 5 heteroatoms. The molecule has 23 heavy (non-hydrogen) atoms. The molecule has 120 valence electrons. The Balaban J connectivity index is 1.67. The second-order valence-corrected chi connectivity index (χ2v) is 7.74. The fourth-order valence-electron chi connectivity index (χ4n) is 2.76. The molecule has 0 saturated carbocycles. The van der Waals surface area contributed by atoms with Crippen LogP contribution in [0.25, 0.3) is 0 Å². The second-order valence-electron chi connectivity index (χ2n) is 5.70. The number of Topliss-reactive ketones (excluding diaryl/α,β-unsaturated/α-hetero) is 1. The van der Waals surface area contributed by atoms with Crippen molar-refractivity contribution < 1.29 is 17.9 Å². The molecule has 1 fully saturated rings.